The number of rotatable bonds is 4. The predicted octanol–water partition coefficient (Wildman–Crippen LogP) is 1.29. The summed E-state index contributed by atoms with van der Waals surface area (Å²) in [5.41, 5.74) is 6.50. The molecule has 1 aromatic rings. The summed E-state index contributed by atoms with van der Waals surface area (Å²) in [4.78, 5) is 11.5. The Morgan fingerprint density at radius 2 is 2.33 bits per heavy atom. The third kappa shape index (κ3) is 3.71. The Labute approximate surface area is 89.0 Å². The Morgan fingerprint density at radius 3 is 2.80 bits per heavy atom. The molecule has 5 heteroatoms. The molecule has 15 heavy (non-hydrogen) atoms. The van der Waals surface area contributed by atoms with Gasteiger partial charge in [0.25, 0.3) is 0 Å². The van der Waals surface area contributed by atoms with Gasteiger partial charge in [-0.2, -0.15) is 0 Å². The molecule has 0 spiro atoms. The lowest BCUT2D eigenvalue weighted by atomic mass is 10.0. The first-order valence-corrected chi connectivity index (χ1v) is 4.97. The van der Waals surface area contributed by atoms with E-state index < -0.39 is 0 Å². The fourth-order valence-corrected chi connectivity index (χ4v) is 1.06. The van der Waals surface area contributed by atoms with Gasteiger partial charge in [0.2, 0.25) is 11.8 Å². The largest absolute Gasteiger partial charge is 0.338 e. The third-order valence-electron chi connectivity index (χ3n) is 2.17. The second-order valence-electron chi connectivity index (χ2n) is 3.99. The van der Waals surface area contributed by atoms with E-state index in [-0.39, 0.29) is 24.3 Å². The summed E-state index contributed by atoms with van der Waals surface area (Å²) in [5.74, 6) is 0.507. The molecule has 1 heterocycles. The molecule has 0 aliphatic carbocycles. The molecule has 1 aromatic heterocycles. The maximum absolute atomic E-state index is 11.5. The van der Waals surface area contributed by atoms with Gasteiger partial charge in [-0.1, -0.05) is 19.0 Å². The van der Waals surface area contributed by atoms with Gasteiger partial charge < -0.3 is 10.3 Å². The molecule has 84 valence electrons. The molecule has 0 saturated heterocycles. The van der Waals surface area contributed by atoms with E-state index in [0.29, 0.717) is 5.88 Å². The highest BCUT2D eigenvalue weighted by molar-refractivity contribution is 5.89. The highest BCUT2D eigenvalue weighted by Crippen LogP contribution is 2.10. The number of carbonyl (C=O) groups excluding carboxylic acids is 1. The van der Waals surface area contributed by atoms with Crippen LogP contribution in [0.25, 0.3) is 0 Å². The minimum absolute atomic E-state index is 0.131. The average molecular weight is 211 g/mol. The van der Waals surface area contributed by atoms with Gasteiger partial charge in [-0.25, -0.2) is 0 Å². The van der Waals surface area contributed by atoms with Gasteiger partial charge in [-0.05, 0) is 12.8 Å². The molecular formula is C10H17N3O2. The molecule has 1 rings (SSSR count). The zero-order chi connectivity index (χ0) is 11.4. The number of nitrogens with zero attached hydrogens (tertiary/aromatic N) is 1. The van der Waals surface area contributed by atoms with Gasteiger partial charge in [0.15, 0.2) is 0 Å². The molecular weight excluding hydrogens is 194 g/mol. The van der Waals surface area contributed by atoms with Crippen molar-refractivity contribution in [3.05, 3.63) is 11.8 Å². The van der Waals surface area contributed by atoms with Crippen LogP contribution in [0.15, 0.2) is 10.6 Å². The summed E-state index contributed by atoms with van der Waals surface area (Å²) in [5, 5.41) is 6.26. The number of nitrogens with two attached hydrogens (primary N) is 1. The maximum Gasteiger partial charge on any atom is 0.231 e. The molecule has 0 radical (unpaired) electrons. The third-order valence-corrected chi connectivity index (χ3v) is 2.17. The molecule has 5 nitrogen and oxygen atoms in total. The van der Waals surface area contributed by atoms with Crippen LogP contribution >= 0.6 is 0 Å². The van der Waals surface area contributed by atoms with Crippen LogP contribution in [-0.2, 0) is 4.79 Å². The van der Waals surface area contributed by atoms with Crippen molar-refractivity contribution in [1.82, 2.24) is 5.16 Å². The number of amides is 1. The quantitative estimate of drug-likeness (QED) is 0.786. The van der Waals surface area contributed by atoms with Crippen LogP contribution in [0.2, 0.25) is 0 Å². The Bertz CT molecular complexity index is 333. The summed E-state index contributed by atoms with van der Waals surface area (Å²) in [6.45, 7) is 5.76. The van der Waals surface area contributed by atoms with Crippen molar-refractivity contribution in [3.8, 4) is 0 Å². The van der Waals surface area contributed by atoms with Gasteiger partial charge >= 0.3 is 0 Å². The van der Waals surface area contributed by atoms with E-state index >= 15 is 0 Å². The van der Waals surface area contributed by atoms with Crippen molar-refractivity contribution in [3.63, 3.8) is 0 Å². The molecule has 0 aliphatic rings. The zero-order valence-electron chi connectivity index (χ0n) is 9.28. The van der Waals surface area contributed by atoms with E-state index in [0.717, 1.165) is 5.69 Å². The summed E-state index contributed by atoms with van der Waals surface area (Å²) in [7, 11) is 0. The molecule has 1 atom stereocenters. The van der Waals surface area contributed by atoms with Crippen LogP contribution in [0, 0.1) is 12.8 Å². The molecule has 3 N–H and O–H groups in total. The molecule has 1 amide bonds. The summed E-state index contributed by atoms with van der Waals surface area (Å²) in [6.07, 6.45) is 0.289. The molecule has 0 fully saturated rings. The highest BCUT2D eigenvalue weighted by Gasteiger charge is 2.14. The first kappa shape index (κ1) is 11.7. The average Bonchev–Trinajstić information content (AvgIpc) is 2.50. The monoisotopic (exact) mass is 211 g/mol. The number of aromatic nitrogens is 1. The number of nitrogens with one attached hydrogen (secondary N) is 1. The summed E-state index contributed by atoms with van der Waals surface area (Å²) in [6, 6.07) is 1.53. The van der Waals surface area contributed by atoms with Gasteiger partial charge in [0.1, 0.15) is 0 Å². The first-order chi connectivity index (χ1) is 6.99. The predicted molar refractivity (Wildman–Crippen MR) is 57.3 cm³/mol. The van der Waals surface area contributed by atoms with Crippen LogP contribution in [0.1, 0.15) is 26.0 Å². The second-order valence-corrected chi connectivity index (χ2v) is 3.99. The van der Waals surface area contributed by atoms with Crippen molar-refractivity contribution >= 4 is 11.8 Å². The second kappa shape index (κ2) is 4.93. The van der Waals surface area contributed by atoms with Gasteiger partial charge in [0.05, 0.1) is 5.69 Å². The SMILES string of the molecule is Cc1cc(NC(=O)CC(N)C(C)C)on1. The first-order valence-electron chi connectivity index (χ1n) is 4.97. The van der Waals surface area contributed by atoms with Crippen LogP contribution in [-0.4, -0.2) is 17.1 Å². The van der Waals surface area contributed by atoms with E-state index in [1.165, 1.54) is 0 Å². The Hall–Kier alpha value is -1.36. The minimum Gasteiger partial charge on any atom is -0.338 e. The normalized spacial score (nSPS) is 12.9. The lowest BCUT2D eigenvalue weighted by Crippen LogP contribution is -2.31. The number of anilines is 1. The zero-order valence-corrected chi connectivity index (χ0v) is 9.28. The molecule has 0 bridgehead atoms. The van der Waals surface area contributed by atoms with Gasteiger partial charge in [0, 0.05) is 18.5 Å². The molecule has 0 aliphatic heterocycles. The van der Waals surface area contributed by atoms with Gasteiger partial charge in [-0.3, -0.25) is 10.1 Å². The fourth-order valence-electron chi connectivity index (χ4n) is 1.06. The molecule has 1 unspecified atom stereocenters. The Morgan fingerprint density at radius 1 is 1.67 bits per heavy atom. The molecule has 0 aromatic carbocycles. The van der Waals surface area contributed by atoms with Crippen LogP contribution < -0.4 is 11.1 Å². The van der Waals surface area contributed by atoms with Crippen molar-refractivity contribution in [2.45, 2.75) is 33.2 Å². The maximum atomic E-state index is 11.5. The van der Waals surface area contributed by atoms with Crippen molar-refractivity contribution in [2.75, 3.05) is 5.32 Å². The Kier molecular flexibility index (Phi) is 3.85. The number of hydrogen-bond acceptors (Lipinski definition) is 4. The topological polar surface area (TPSA) is 81.2 Å². The standard InChI is InChI=1S/C10H17N3O2/c1-6(2)8(11)5-9(14)12-10-4-7(3)13-15-10/h4,6,8H,5,11H2,1-3H3,(H,12,14). The number of carbonyl (C=O) groups is 1. The smallest absolute Gasteiger partial charge is 0.231 e. The van der Waals surface area contributed by atoms with Crippen LogP contribution in [0.3, 0.4) is 0 Å². The number of aryl methyl sites for hydroxylation is 1. The lowest BCUT2D eigenvalue weighted by molar-refractivity contribution is -0.116. The minimum atomic E-state index is -0.146. The van der Waals surface area contributed by atoms with Gasteiger partial charge in [-0.15, -0.1) is 0 Å². The van der Waals surface area contributed by atoms with E-state index in [1.807, 2.05) is 13.8 Å². The van der Waals surface area contributed by atoms with Crippen LogP contribution in [0.4, 0.5) is 5.88 Å². The van der Waals surface area contributed by atoms with Crippen molar-refractivity contribution < 1.29 is 9.32 Å². The highest BCUT2D eigenvalue weighted by atomic mass is 16.5. The van der Waals surface area contributed by atoms with Crippen molar-refractivity contribution in [1.29, 1.82) is 0 Å². The van der Waals surface area contributed by atoms with E-state index in [2.05, 4.69) is 10.5 Å². The van der Waals surface area contributed by atoms with E-state index in [4.69, 9.17) is 10.3 Å². The van der Waals surface area contributed by atoms with E-state index in [9.17, 15) is 4.79 Å². The molecule has 0 saturated carbocycles. The number of hydrogen-bond donors (Lipinski definition) is 2. The fraction of sp³-hybridized carbons (Fsp3) is 0.600. The summed E-state index contributed by atoms with van der Waals surface area (Å²) >= 11 is 0. The Balaban J connectivity index is 2.43. The van der Waals surface area contributed by atoms with E-state index in [1.54, 1.807) is 13.0 Å². The van der Waals surface area contributed by atoms with Crippen LogP contribution in [0.5, 0.6) is 0 Å². The van der Waals surface area contributed by atoms with Crippen molar-refractivity contribution in [2.24, 2.45) is 11.7 Å². The summed E-state index contributed by atoms with van der Waals surface area (Å²) < 4.78 is 4.85. The lowest BCUT2D eigenvalue weighted by Gasteiger charge is -2.13.